The molecule has 0 spiro atoms. The fourth-order valence-electron chi connectivity index (χ4n) is 8.40. The van der Waals surface area contributed by atoms with Gasteiger partial charge in [-0.1, -0.05) is 47.5 Å². The first kappa shape index (κ1) is 18.1. The maximum absolute atomic E-state index is 13.1. The van der Waals surface area contributed by atoms with Crippen molar-refractivity contribution in [3.63, 3.8) is 0 Å². The predicted molar refractivity (Wildman–Crippen MR) is 104 cm³/mol. The molecule has 0 saturated heterocycles. The van der Waals surface area contributed by atoms with E-state index in [-0.39, 0.29) is 0 Å². The zero-order valence-electron chi connectivity index (χ0n) is 17.3. The molecule has 0 aromatic heterocycles. The van der Waals surface area contributed by atoms with Crippen LogP contribution in [0.15, 0.2) is 0 Å². The second-order valence-corrected chi connectivity index (χ2v) is 11.2. The third kappa shape index (κ3) is 2.50. The number of hydrogen-bond donors (Lipinski definition) is 0. The average molecular weight is 345 g/mol. The molecular formula is C24H40O. The van der Waals surface area contributed by atoms with E-state index in [0.29, 0.717) is 40.3 Å². The summed E-state index contributed by atoms with van der Waals surface area (Å²) < 4.78 is 0. The SMILES string of the molecule is CC(C)[C@@H](C)[C@H]1C(=O)C[C@H]2[C@@H]3CC[C@H]4CCCC[C@]4(C)[C@H]3CC[C@]12C. The number of ketones is 1. The average Bonchev–Trinajstić information content (AvgIpc) is 2.83. The Kier molecular flexibility index (Phi) is 4.40. The number of fused-ring (bicyclic) bond motifs is 5. The summed E-state index contributed by atoms with van der Waals surface area (Å²) in [6.07, 6.45) is 12.3. The zero-order valence-corrected chi connectivity index (χ0v) is 17.3. The minimum Gasteiger partial charge on any atom is -0.299 e. The quantitative estimate of drug-likeness (QED) is 0.558. The molecule has 0 aromatic rings. The summed E-state index contributed by atoms with van der Waals surface area (Å²) in [5, 5.41) is 0. The van der Waals surface area contributed by atoms with Crippen LogP contribution < -0.4 is 0 Å². The van der Waals surface area contributed by atoms with Crippen molar-refractivity contribution in [1.82, 2.24) is 0 Å². The van der Waals surface area contributed by atoms with Gasteiger partial charge < -0.3 is 0 Å². The van der Waals surface area contributed by atoms with E-state index in [1.165, 1.54) is 51.4 Å². The van der Waals surface area contributed by atoms with E-state index in [9.17, 15) is 4.79 Å². The molecule has 1 heteroatoms. The lowest BCUT2D eigenvalue weighted by Gasteiger charge is -2.60. The van der Waals surface area contributed by atoms with Gasteiger partial charge in [-0.15, -0.1) is 0 Å². The smallest absolute Gasteiger partial charge is 0.137 e. The molecule has 8 atom stereocenters. The number of hydrogen-bond acceptors (Lipinski definition) is 1. The van der Waals surface area contributed by atoms with Gasteiger partial charge in [0.2, 0.25) is 0 Å². The standard InChI is InChI=1S/C24H40O/c1-15(2)16(3)22-21(25)14-20-18-10-9-17-8-6-7-12-23(17,4)19(18)11-13-24(20,22)5/h15-20,22H,6-14H2,1-5H3/t16-,17-,18-,19+,20+,22+,23+,24+/m1/s1. The fourth-order valence-corrected chi connectivity index (χ4v) is 8.40. The van der Waals surface area contributed by atoms with Crippen LogP contribution in [-0.2, 0) is 4.79 Å². The second kappa shape index (κ2) is 6.10. The van der Waals surface area contributed by atoms with Gasteiger partial charge >= 0.3 is 0 Å². The Morgan fingerprint density at radius 2 is 1.64 bits per heavy atom. The maximum atomic E-state index is 13.1. The maximum Gasteiger partial charge on any atom is 0.137 e. The Bertz CT molecular complexity index is 536. The predicted octanol–water partition coefficient (Wildman–Crippen LogP) is 6.51. The molecule has 4 aliphatic rings. The first-order valence-corrected chi connectivity index (χ1v) is 11.3. The van der Waals surface area contributed by atoms with Crippen molar-refractivity contribution in [3.05, 3.63) is 0 Å². The largest absolute Gasteiger partial charge is 0.299 e. The van der Waals surface area contributed by atoms with Gasteiger partial charge in [-0.05, 0) is 84.9 Å². The Hall–Kier alpha value is -0.330. The van der Waals surface area contributed by atoms with Crippen LogP contribution in [0.25, 0.3) is 0 Å². The molecule has 0 bridgehead atoms. The van der Waals surface area contributed by atoms with Crippen LogP contribution in [0.3, 0.4) is 0 Å². The molecule has 0 unspecified atom stereocenters. The lowest BCUT2D eigenvalue weighted by atomic mass is 9.44. The van der Waals surface area contributed by atoms with Gasteiger partial charge in [0.15, 0.2) is 0 Å². The topological polar surface area (TPSA) is 17.1 Å². The molecule has 0 aliphatic heterocycles. The molecule has 25 heavy (non-hydrogen) atoms. The van der Waals surface area contributed by atoms with Crippen LogP contribution in [0.2, 0.25) is 0 Å². The highest BCUT2D eigenvalue weighted by molar-refractivity contribution is 5.85. The Balaban J connectivity index is 1.64. The zero-order chi connectivity index (χ0) is 18.0. The summed E-state index contributed by atoms with van der Waals surface area (Å²) in [6, 6.07) is 0. The van der Waals surface area contributed by atoms with Gasteiger partial charge in [0, 0.05) is 12.3 Å². The van der Waals surface area contributed by atoms with Crippen molar-refractivity contribution in [2.75, 3.05) is 0 Å². The van der Waals surface area contributed by atoms with E-state index in [1.54, 1.807) is 0 Å². The first-order valence-electron chi connectivity index (χ1n) is 11.3. The molecule has 0 N–H and O–H groups in total. The Morgan fingerprint density at radius 1 is 0.880 bits per heavy atom. The molecule has 4 rings (SSSR count). The normalized spacial score (nSPS) is 51.0. The highest BCUT2D eigenvalue weighted by Gasteiger charge is 2.62. The summed E-state index contributed by atoms with van der Waals surface area (Å²) in [4.78, 5) is 13.1. The third-order valence-electron chi connectivity index (χ3n) is 10.1. The summed E-state index contributed by atoms with van der Waals surface area (Å²) in [5.74, 6) is 5.52. The van der Waals surface area contributed by atoms with Crippen LogP contribution >= 0.6 is 0 Å². The van der Waals surface area contributed by atoms with Gasteiger partial charge in [-0.3, -0.25) is 4.79 Å². The lowest BCUT2D eigenvalue weighted by molar-refractivity contribution is -0.127. The van der Waals surface area contributed by atoms with E-state index in [0.717, 1.165) is 24.2 Å². The molecule has 142 valence electrons. The van der Waals surface area contributed by atoms with Gasteiger partial charge in [0.05, 0.1) is 0 Å². The van der Waals surface area contributed by atoms with Crippen LogP contribution in [0.4, 0.5) is 0 Å². The molecule has 4 saturated carbocycles. The summed E-state index contributed by atoms with van der Waals surface area (Å²) in [6.45, 7) is 12.1. The van der Waals surface area contributed by atoms with Crippen molar-refractivity contribution < 1.29 is 4.79 Å². The monoisotopic (exact) mass is 344 g/mol. The highest BCUT2D eigenvalue weighted by atomic mass is 16.1. The molecule has 4 aliphatic carbocycles. The molecular weight excluding hydrogens is 304 g/mol. The molecule has 0 heterocycles. The van der Waals surface area contributed by atoms with Crippen molar-refractivity contribution in [3.8, 4) is 0 Å². The van der Waals surface area contributed by atoms with E-state index in [2.05, 4.69) is 34.6 Å². The summed E-state index contributed by atoms with van der Waals surface area (Å²) in [7, 11) is 0. The summed E-state index contributed by atoms with van der Waals surface area (Å²) in [5.41, 5.74) is 0.882. The fraction of sp³-hybridized carbons (Fsp3) is 0.958. The van der Waals surface area contributed by atoms with E-state index >= 15 is 0 Å². The first-order chi connectivity index (χ1) is 11.8. The van der Waals surface area contributed by atoms with Crippen LogP contribution in [0.5, 0.6) is 0 Å². The van der Waals surface area contributed by atoms with E-state index < -0.39 is 0 Å². The van der Waals surface area contributed by atoms with Crippen molar-refractivity contribution in [2.45, 2.75) is 92.4 Å². The number of rotatable bonds is 2. The lowest BCUT2D eigenvalue weighted by Crippen LogP contribution is -2.53. The molecule has 1 nitrogen and oxygen atoms in total. The van der Waals surface area contributed by atoms with Crippen LogP contribution in [0, 0.1) is 52.3 Å². The van der Waals surface area contributed by atoms with Crippen molar-refractivity contribution >= 4 is 5.78 Å². The van der Waals surface area contributed by atoms with E-state index in [4.69, 9.17) is 0 Å². The molecule has 0 radical (unpaired) electrons. The van der Waals surface area contributed by atoms with Crippen molar-refractivity contribution in [2.24, 2.45) is 52.3 Å². The highest BCUT2D eigenvalue weighted by Crippen LogP contribution is 2.67. The van der Waals surface area contributed by atoms with Crippen molar-refractivity contribution in [1.29, 1.82) is 0 Å². The van der Waals surface area contributed by atoms with Gasteiger partial charge in [-0.25, -0.2) is 0 Å². The summed E-state index contributed by atoms with van der Waals surface area (Å²) >= 11 is 0. The second-order valence-electron chi connectivity index (χ2n) is 11.2. The van der Waals surface area contributed by atoms with Gasteiger partial charge in [0.1, 0.15) is 5.78 Å². The number of carbonyl (C=O) groups is 1. The van der Waals surface area contributed by atoms with Gasteiger partial charge in [0.25, 0.3) is 0 Å². The Morgan fingerprint density at radius 3 is 2.36 bits per heavy atom. The third-order valence-corrected chi connectivity index (χ3v) is 10.1. The Labute approximate surface area is 155 Å². The minimum atomic E-state index is 0.291. The number of carbonyl (C=O) groups excluding carboxylic acids is 1. The van der Waals surface area contributed by atoms with E-state index in [1.807, 2.05) is 0 Å². The van der Waals surface area contributed by atoms with Gasteiger partial charge in [-0.2, -0.15) is 0 Å². The minimum absolute atomic E-state index is 0.291. The van der Waals surface area contributed by atoms with Crippen LogP contribution in [0.1, 0.15) is 92.4 Å². The number of Topliss-reactive ketones (excluding diaryl/α,β-unsaturated/α-hetero) is 1. The molecule has 0 amide bonds. The van der Waals surface area contributed by atoms with Crippen LogP contribution in [-0.4, -0.2) is 5.78 Å². The molecule has 0 aromatic carbocycles. The molecule has 4 fully saturated rings.